The normalized spacial score (nSPS) is 13.7. The first-order valence-corrected chi connectivity index (χ1v) is 9.05. The van der Waals surface area contributed by atoms with Gasteiger partial charge in [-0.2, -0.15) is 0 Å². The Morgan fingerprint density at radius 2 is 1.89 bits per heavy atom. The highest BCUT2D eigenvalue weighted by atomic mass is 16.4. The van der Waals surface area contributed by atoms with Gasteiger partial charge in [-0.05, 0) is 37.6 Å². The van der Waals surface area contributed by atoms with E-state index in [9.17, 15) is 9.59 Å². The van der Waals surface area contributed by atoms with Gasteiger partial charge >= 0.3 is 6.03 Å². The third-order valence-corrected chi connectivity index (χ3v) is 4.67. The highest BCUT2D eigenvalue weighted by Crippen LogP contribution is 2.20. The molecule has 1 aliphatic rings. The lowest BCUT2D eigenvalue weighted by atomic mass is 10.1. The van der Waals surface area contributed by atoms with Crippen LogP contribution in [0.15, 0.2) is 33.5 Å². The molecule has 0 fully saturated rings. The van der Waals surface area contributed by atoms with E-state index in [1.807, 2.05) is 12.1 Å². The third kappa shape index (κ3) is 3.64. The van der Waals surface area contributed by atoms with Crippen molar-refractivity contribution in [2.75, 3.05) is 18.4 Å². The van der Waals surface area contributed by atoms with Crippen LogP contribution < -0.4 is 10.9 Å². The zero-order valence-corrected chi connectivity index (χ0v) is 15.7. The van der Waals surface area contributed by atoms with Crippen molar-refractivity contribution in [2.45, 2.75) is 26.7 Å². The van der Waals surface area contributed by atoms with Gasteiger partial charge in [-0.1, -0.05) is 0 Å². The number of benzene rings is 1. The molecule has 0 spiro atoms. The van der Waals surface area contributed by atoms with Crippen molar-refractivity contribution in [1.29, 1.82) is 0 Å². The second-order valence-corrected chi connectivity index (χ2v) is 6.70. The van der Waals surface area contributed by atoms with Gasteiger partial charge in [0.05, 0.1) is 5.69 Å². The van der Waals surface area contributed by atoms with E-state index >= 15 is 0 Å². The number of H-pyrrole nitrogens is 1. The Kier molecular flexibility index (Phi) is 4.64. The molecule has 9 heteroatoms. The van der Waals surface area contributed by atoms with Gasteiger partial charge in [0.15, 0.2) is 0 Å². The monoisotopic (exact) mass is 380 g/mol. The van der Waals surface area contributed by atoms with E-state index in [2.05, 4.69) is 25.5 Å². The number of urea groups is 1. The van der Waals surface area contributed by atoms with Gasteiger partial charge in [0.2, 0.25) is 11.8 Å². The van der Waals surface area contributed by atoms with Crippen molar-refractivity contribution in [2.24, 2.45) is 0 Å². The van der Waals surface area contributed by atoms with E-state index in [-0.39, 0.29) is 11.6 Å². The average molecular weight is 380 g/mol. The van der Waals surface area contributed by atoms with Gasteiger partial charge < -0.3 is 19.6 Å². The molecular formula is C19H20N6O3. The molecule has 28 heavy (non-hydrogen) atoms. The lowest BCUT2D eigenvalue weighted by Crippen LogP contribution is -2.36. The van der Waals surface area contributed by atoms with Crippen LogP contribution in [0.2, 0.25) is 0 Å². The number of fused-ring (bicyclic) bond motifs is 1. The summed E-state index contributed by atoms with van der Waals surface area (Å²) in [5.41, 5.74) is 2.77. The molecule has 2 N–H and O–H groups in total. The fraction of sp³-hybridized carbons (Fsp3) is 0.316. The molecule has 3 heterocycles. The quantitative estimate of drug-likeness (QED) is 0.703. The van der Waals surface area contributed by atoms with Gasteiger partial charge in [-0.15, -0.1) is 10.2 Å². The number of rotatable bonds is 2. The number of amides is 2. The smallest absolute Gasteiger partial charge is 0.321 e. The van der Waals surface area contributed by atoms with Crippen LogP contribution in [0.25, 0.3) is 11.5 Å². The van der Waals surface area contributed by atoms with Gasteiger partial charge in [-0.3, -0.25) is 4.79 Å². The molecule has 1 aliphatic heterocycles. The number of aromatic nitrogens is 4. The second-order valence-electron chi connectivity index (χ2n) is 6.70. The van der Waals surface area contributed by atoms with Crippen molar-refractivity contribution < 1.29 is 9.21 Å². The summed E-state index contributed by atoms with van der Waals surface area (Å²) < 4.78 is 5.40. The molecule has 9 nitrogen and oxygen atoms in total. The summed E-state index contributed by atoms with van der Waals surface area (Å²) in [7, 11) is 0. The standard InChI is InChI=1S/C19H20N6O3/c1-11-20-16-8-10-25(9-7-15(16)17(26)21-11)19(27)22-14-5-3-13(4-6-14)18-24-23-12(2)28-18/h3-6H,7-10H2,1-2H3,(H,22,27)(H,20,21,26). The molecule has 0 unspecified atom stereocenters. The molecule has 2 amide bonds. The number of anilines is 1. The van der Waals surface area contributed by atoms with Crippen LogP contribution in [0.1, 0.15) is 23.0 Å². The Morgan fingerprint density at radius 3 is 2.61 bits per heavy atom. The number of carbonyl (C=O) groups excluding carboxylic acids is 1. The first kappa shape index (κ1) is 17.9. The number of aromatic amines is 1. The first-order chi connectivity index (χ1) is 13.5. The SMILES string of the molecule is Cc1nc2c(c(=O)[nH]1)CCN(C(=O)Nc1ccc(-c3nnc(C)o3)cc1)CC2. The highest BCUT2D eigenvalue weighted by molar-refractivity contribution is 5.89. The van der Waals surface area contributed by atoms with Crippen LogP contribution in [0.3, 0.4) is 0 Å². The van der Waals surface area contributed by atoms with Crippen molar-refractivity contribution in [3.05, 3.63) is 57.6 Å². The Labute approximate surface area is 160 Å². The van der Waals surface area contributed by atoms with Crippen LogP contribution >= 0.6 is 0 Å². The van der Waals surface area contributed by atoms with E-state index in [0.717, 1.165) is 11.3 Å². The molecule has 1 aromatic carbocycles. The van der Waals surface area contributed by atoms with Gasteiger partial charge in [-0.25, -0.2) is 9.78 Å². The number of nitrogens with zero attached hydrogens (tertiary/aromatic N) is 4. The van der Waals surface area contributed by atoms with Crippen molar-refractivity contribution in [1.82, 2.24) is 25.1 Å². The average Bonchev–Trinajstić information content (AvgIpc) is 2.97. The van der Waals surface area contributed by atoms with E-state index in [0.29, 0.717) is 54.8 Å². The first-order valence-electron chi connectivity index (χ1n) is 9.05. The minimum Gasteiger partial charge on any atom is -0.421 e. The minimum atomic E-state index is -0.206. The van der Waals surface area contributed by atoms with Crippen molar-refractivity contribution >= 4 is 11.7 Å². The summed E-state index contributed by atoms with van der Waals surface area (Å²) in [6.07, 6.45) is 1.05. The number of aryl methyl sites for hydroxylation is 2. The third-order valence-electron chi connectivity index (χ3n) is 4.67. The number of nitrogens with one attached hydrogen (secondary N) is 2. The summed E-state index contributed by atoms with van der Waals surface area (Å²) in [5.74, 6) is 1.53. The molecule has 0 saturated heterocycles. The van der Waals surface area contributed by atoms with Crippen molar-refractivity contribution in [3.63, 3.8) is 0 Å². The largest absolute Gasteiger partial charge is 0.421 e. The Bertz CT molecular complexity index is 1070. The molecule has 0 saturated carbocycles. The van der Waals surface area contributed by atoms with Crippen molar-refractivity contribution in [3.8, 4) is 11.5 Å². The zero-order valence-electron chi connectivity index (χ0n) is 15.7. The zero-order chi connectivity index (χ0) is 19.7. The highest BCUT2D eigenvalue weighted by Gasteiger charge is 2.21. The van der Waals surface area contributed by atoms with Crippen LogP contribution in [-0.4, -0.2) is 44.2 Å². The summed E-state index contributed by atoms with van der Waals surface area (Å²) in [6, 6.07) is 6.99. The van der Waals surface area contributed by atoms with E-state index in [1.54, 1.807) is 30.9 Å². The lowest BCUT2D eigenvalue weighted by molar-refractivity contribution is 0.214. The summed E-state index contributed by atoms with van der Waals surface area (Å²) in [6.45, 7) is 4.46. The molecule has 0 atom stereocenters. The second kappa shape index (κ2) is 7.26. The number of hydrogen-bond donors (Lipinski definition) is 2. The predicted molar refractivity (Wildman–Crippen MR) is 102 cm³/mol. The maximum absolute atomic E-state index is 12.6. The van der Waals surface area contributed by atoms with Crippen LogP contribution in [-0.2, 0) is 12.8 Å². The maximum atomic E-state index is 12.6. The fourth-order valence-corrected chi connectivity index (χ4v) is 3.25. The Morgan fingerprint density at radius 1 is 1.14 bits per heavy atom. The molecule has 0 radical (unpaired) electrons. The van der Waals surface area contributed by atoms with E-state index in [4.69, 9.17) is 4.42 Å². The van der Waals surface area contributed by atoms with Crippen LogP contribution in [0, 0.1) is 13.8 Å². The predicted octanol–water partition coefficient (Wildman–Crippen LogP) is 2.07. The number of carbonyl (C=O) groups is 1. The topological polar surface area (TPSA) is 117 Å². The molecule has 3 aromatic rings. The molecule has 0 aliphatic carbocycles. The van der Waals surface area contributed by atoms with Crippen LogP contribution in [0.4, 0.5) is 10.5 Å². The van der Waals surface area contributed by atoms with E-state index < -0.39 is 0 Å². The molecule has 2 aromatic heterocycles. The fourth-order valence-electron chi connectivity index (χ4n) is 3.25. The van der Waals surface area contributed by atoms with Gasteiger partial charge in [0.1, 0.15) is 5.82 Å². The summed E-state index contributed by atoms with van der Waals surface area (Å²) >= 11 is 0. The summed E-state index contributed by atoms with van der Waals surface area (Å²) in [4.78, 5) is 33.6. The number of hydrogen-bond acceptors (Lipinski definition) is 6. The van der Waals surface area contributed by atoms with Gasteiger partial charge in [0, 0.05) is 43.2 Å². The van der Waals surface area contributed by atoms with E-state index in [1.165, 1.54) is 0 Å². The van der Waals surface area contributed by atoms with Gasteiger partial charge in [0.25, 0.3) is 5.56 Å². The molecule has 144 valence electrons. The lowest BCUT2D eigenvalue weighted by Gasteiger charge is -2.20. The molecule has 0 bridgehead atoms. The maximum Gasteiger partial charge on any atom is 0.321 e. The Balaban J connectivity index is 1.43. The molecule has 4 rings (SSSR count). The summed E-state index contributed by atoms with van der Waals surface area (Å²) in [5, 5.41) is 10.7. The molecular weight excluding hydrogens is 360 g/mol. The minimum absolute atomic E-state index is 0.114. The van der Waals surface area contributed by atoms with Crippen LogP contribution in [0.5, 0.6) is 0 Å². The Hall–Kier alpha value is -3.49.